The fraction of sp³-hybridized carbons (Fsp3) is 0.348. The van der Waals surface area contributed by atoms with E-state index in [1.165, 1.54) is 0 Å². The fourth-order valence-corrected chi connectivity index (χ4v) is 4.14. The van der Waals surface area contributed by atoms with E-state index in [0.29, 0.717) is 25.1 Å². The second-order valence-corrected chi connectivity index (χ2v) is 8.69. The third kappa shape index (κ3) is 4.75. The van der Waals surface area contributed by atoms with Gasteiger partial charge in [-0.05, 0) is 49.4 Å². The van der Waals surface area contributed by atoms with E-state index in [2.05, 4.69) is 44.9 Å². The Hall–Kier alpha value is -2.61. The molecule has 2 N–H and O–H groups in total. The van der Waals surface area contributed by atoms with Crippen LogP contribution in [0.25, 0.3) is 11.3 Å². The standard InChI is InChI=1S/C23H25N3O3S/c1-14-11-24-20(23(28)26-19-7-8-29-12-22(19)27)10-18(14)9-16-3-5-17(6-4-16)21-13-30-15(2)25-21/h3-6,10-11,13,19,22,27H,7-9,12H2,1-2H3,(H,26,28). The van der Waals surface area contributed by atoms with E-state index in [0.717, 1.165) is 33.0 Å². The number of aliphatic hydroxyl groups excluding tert-OH is 1. The zero-order valence-corrected chi connectivity index (χ0v) is 17.9. The third-order valence-corrected chi connectivity index (χ3v) is 6.13. The van der Waals surface area contributed by atoms with Crippen molar-refractivity contribution in [2.75, 3.05) is 13.2 Å². The molecular weight excluding hydrogens is 398 g/mol. The Kier molecular flexibility index (Phi) is 6.22. The van der Waals surface area contributed by atoms with Gasteiger partial charge in [0, 0.05) is 23.7 Å². The Morgan fingerprint density at radius 1 is 1.30 bits per heavy atom. The predicted molar refractivity (Wildman–Crippen MR) is 117 cm³/mol. The molecule has 2 unspecified atom stereocenters. The molecule has 1 amide bonds. The molecule has 7 heteroatoms. The van der Waals surface area contributed by atoms with E-state index < -0.39 is 6.10 Å². The minimum Gasteiger partial charge on any atom is -0.389 e. The highest BCUT2D eigenvalue weighted by atomic mass is 32.1. The monoisotopic (exact) mass is 423 g/mol. The number of hydrogen-bond acceptors (Lipinski definition) is 6. The number of nitrogens with zero attached hydrogens (tertiary/aromatic N) is 2. The minimum absolute atomic E-state index is 0.244. The zero-order chi connectivity index (χ0) is 21.1. The van der Waals surface area contributed by atoms with Crippen LogP contribution in [-0.2, 0) is 11.2 Å². The molecule has 0 spiro atoms. The predicted octanol–water partition coefficient (Wildman–Crippen LogP) is 3.29. The summed E-state index contributed by atoms with van der Waals surface area (Å²) in [6.45, 7) is 4.78. The van der Waals surface area contributed by atoms with Crippen LogP contribution in [0.1, 0.15) is 38.6 Å². The largest absolute Gasteiger partial charge is 0.389 e. The second-order valence-electron chi connectivity index (χ2n) is 7.63. The minimum atomic E-state index is -0.687. The summed E-state index contributed by atoms with van der Waals surface area (Å²) < 4.78 is 5.22. The van der Waals surface area contributed by atoms with Gasteiger partial charge in [0.2, 0.25) is 0 Å². The number of nitrogens with one attached hydrogen (secondary N) is 1. The number of hydrogen-bond donors (Lipinski definition) is 2. The van der Waals surface area contributed by atoms with Gasteiger partial charge in [0.15, 0.2) is 0 Å². The van der Waals surface area contributed by atoms with Crippen LogP contribution in [0.2, 0.25) is 0 Å². The van der Waals surface area contributed by atoms with Crippen molar-refractivity contribution >= 4 is 17.2 Å². The van der Waals surface area contributed by atoms with E-state index in [1.807, 2.05) is 19.9 Å². The number of amides is 1. The number of rotatable bonds is 5. The molecule has 1 fully saturated rings. The lowest BCUT2D eigenvalue weighted by molar-refractivity contribution is -0.0261. The van der Waals surface area contributed by atoms with Crippen LogP contribution < -0.4 is 5.32 Å². The van der Waals surface area contributed by atoms with Crippen LogP contribution in [0.4, 0.5) is 0 Å². The molecule has 6 nitrogen and oxygen atoms in total. The maximum absolute atomic E-state index is 12.6. The summed E-state index contributed by atoms with van der Waals surface area (Å²) in [4.78, 5) is 21.5. The van der Waals surface area contributed by atoms with Crippen LogP contribution in [0.3, 0.4) is 0 Å². The summed E-state index contributed by atoms with van der Waals surface area (Å²) in [6.07, 6.45) is 2.35. The molecule has 30 heavy (non-hydrogen) atoms. The molecule has 0 bridgehead atoms. The van der Waals surface area contributed by atoms with E-state index in [9.17, 15) is 9.90 Å². The highest BCUT2D eigenvalue weighted by molar-refractivity contribution is 7.09. The first-order chi connectivity index (χ1) is 14.5. The number of carbonyl (C=O) groups is 1. The summed E-state index contributed by atoms with van der Waals surface area (Å²) in [5.41, 5.74) is 5.72. The fourth-order valence-electron chi connectivity index (χ4n) is 3.52. The van der Waals surface area contributed by atoms with Gasteiger partial charge in [0.1, 0.15) is 5.69 Å². The van der Waals surface area contributed by atoms with Gasteiger partial charge in [-0.15, -0.1) is 11.3 Å². The molecule has 4 rings (SSSR count). The van der Waals surface area contributed by atoms with Gasteiger partial charge in [-0.1, -0.05) is 24.3 Å². The van der Waals surface area contributed by atoms with Crippen molar-refractivity contribution in [3.8, 4) is 11.3 Å². The first-order valence-electron chi connectivity index (χ1n) is 10.0. The first kappa shape index (κ1) is 20.7. The van der Waals surface area contributed by atoms with Crippen LogP contribution in [-0.4, -0.2) is 46.3 Å². The van der Waals surface area contributed by atoms with Crippen molar-refractivity contribution in [1.29, 1.82) is 0 Å². The lowest BCUT2D eigenvalue weighted by atomic mass is 9.99. The van der Waals surface area contributed by atoms with Crippen molar-refractivity contribution in [3.63, 3.8) is 0 Å². The summed E-state index contributed by atoms with van der Waals surface area (Å²) in [5.74, 6) is -0.267. The van der Waals surface area contributed by atoms with E-state index in [-0.39, 0.29) is 18.6 Å². The smallest absolute Gasteiger partial charge is 0.270 e. The quantitative estimate of drug-likeness (QED) is 0.658. The number of aromatic nitrogens is 2. The average Bonchev–Trinajstić information content (AvgIpc) is 3.18. The summed E-state index contributed by atoms with van der Waals surface area (Å²) >= 11 is 1.65. The lowest BCUT2D eigenvalue weighted by Gasteiger charge is -2.28. The van der Waals surface area contributed by atoms with Crippen LogP contribution in [0, 0.1) is 13.8 Å². The molecule has 3 heterocycles. The highest BCUT2D eigenvalue weighted by Gasteiger charge is 2.26. The van der Waals surface area contributed by atoms with Gasteiger partial charge in [-0.25, -0.2) is 4.98 Å². The molecule has 2 aromatic heterocycles. The Bertz CT molecular complexity index is 1030. The van der Waals surface area contributed by atoms with Gasteiger partial charge < -0.3 is 15.2 Å². The van der Waals surface area contributed by atoms with E-state index in [1.54, 1.807) is 17.5 Å². The molecule has 1 saturated heterocycles. The molecule has 3 aromatic rings. The number of aliphatic hydroxyl groups is 1. The SMILES string of the molecule is Cc1nc(-c2ccc(Cc3cc(C(=O)NC4CCOCC4O)ncc3C)cc2)cs1. The van der Waals surface area contributed by atoms with Crippen LogP contribution in [0.15, 0.2) is 41.9 Å². The lowest BCUT2D eigenvalue weighted by Crippen LogP contribution is -2.48. The molecule has 1 aromatic carbocycles. The van der Waals surface area contributed by atoms with Crippen molar-refractivity contribution in [2.45, 2.75) is 38.8 Å². The Labute approximate surface area is 180 Å². The topological polar surface area (TPSA) is 84.3 Å². The maximum Gasteiger partial charge on any atom is 0.270 e. The molecule has 1 aliphatic rings. The number of ether oxygens (including phenoxy) is 1. The molecule has 1 aliphatic heterocycles. The summed E-state index contributed by atoms with van der Waals surface area (Å²) in [7, 11) is 0. The van der Waals surface area contributed by atoms with Crippen molar-refractivity contribution in [3.05, 3.63) is 69.3 Å². The molecule has 0 aliphatic carbocycles. The molecular formula is C23H25N3O3S. The number of thiazole rings is 1. The van der Waals surface area contributed by atoms with Gasteiger partial charge in [0.25, 0.3) is 5.91 Å². The number of aryl methyl sites for hydroxylation is 2. The number of benzene rings is 1. The van der Waals surface area contributed by atoms with Gasteiger partial charge in [-0.2, -0.15) is 0 Å². The molecule has 2 atom stereocenters. The Morgan fingerprint density at radius 3 is 2.80 bits per heavy atom. The highest BCUT2D eigenvalue weighted by Crippen LogP contribution is 2.23. The maximum atomic E-state index is 12.6. The Balaban J connectivity index is 1.47. The van der Waals surface area contributed by atoms with Gasteiger partial charge in [0.05, 0.1) is 29.5 Å². The molecule has 156 valence electrons. The second kappa shape index (κ2) is 9.04. The molecule has 0 radical (unpaired) electrons. The van der Waals surface area contributed by atoms with E-state index >= 15 is 0 Å². The van der Waals surface area contributed by atoms with Gasteiger partial charge in [-0.3, -0.25) is 9.78 Å². The number of carbonyl (C=O) groups excluding carboxylic acids is 1. The van der Waals surface area contributed by atoms with Crippen molar-refractivity contribution in [2.24, 2.45) is 0 Å². The van der Waals surface area contributed by atoms with Crippen molar-refractivity contribution < 1.29 is 14.6 Å². The van der Waals surface area contributed by atoms with Crippen LogP contribution in [0.5, 0.6) is 0 Å². The van der Waals surface area contributed by atoms with Gasteiger partial charge >= 0.3 is 0 Å². The van der Waals surface area contributed by atoms with E-state index in [4.69, 9.17) is 4.74 Å². The Morgan fingerprint density at radius 2 is 2.10 bits per heavy atom. The average molecular weight is 424 g/mol. The third-order valence-electron chi connectivity index (χ3n) is 5.35. The first-order valence-corrected chi connectivity index (χ1v) is 10.9. The van der Waals surface area contributed by atoms with Crippen LogP contribution >= 0.6 is 11.3 Å². The molecule has 0 saturated carbocycles. The normalized spacial score (nSPS) is 18.9. The number of pyridine rings is 1. The summed E-state index contributed by atoms with van der Waals surface area (Å²) in [5, 5.41) is 16.0. The zero-order valence-electron chi connectivity index (χ0n) is 17.1. The summed E-state index contributed by atoms with van der Waals surface area (Å²) in [6, 6.07) is 9.90. The van der Waals surface area contributed by atoms with Crippen molar-refractivity contribution in [1.82, 2.24) is 15.3 Å².